The van der Waals surface area contributed by atoms with Gasteiger partial charge in [0.05, 0.1) is 29.3 Å². The first kappa shape index (κ1) is 19.8. The summed E-state index contributed by atoms with van der Waals surface area (Å²) < 4.78 is 1.85. The van der Waals surface area contributed by atoms with E-state index in [9.17, 15) is 4.79 Å². The largest absolute Gasteiger partial charge is 0.356 e. The molecule has 2 aliphatic heterocycles. The van der Waals surface area contributed by atoms with Crippen molar-refractivity contribution < 1.29 is 4.79 Å². The Balaban J connectivity index is 1.33. The van der Waals surface area contributed by atoms with Gasteiger partial charge in [0.2, 0.25) is 6.41 Å². The van der Waals surface area contributed by atoms with E-state index < -0.39 is 0 Å². The Bertz CT molecular complexity index is 1340. The number of hydrogen-bond donors (Lipinski definition) is 0. The number of rotatable bonds is 4. The second-order valence-electron chi connectivity index (χ2n) is 9.12. The van der Waals surface area contributed by atoms with E-state index in [-0.39, 0.29) is 5.41 Å². The van der Waals surface area contributed by atoms with Crippen LogP contribution in [0.4, 0.5) is 5.82 Å². The first-order valence-corrected chi connectivity index (χ1v) is 11.2. The second kappa shape index (κ2) is 7.61. The van der Waals surface area contributed by atoms with Crippen molar-refractivity contribution >= 4 is 23.1 Å². The van der Waals surface area contributed by atoms with E-state index in [1.54, 1.807) is 18.6 Å². The molecule has 0 radical (unpaired) electrons. The number of pyridine rings is 2. The molecule has 0 bridgehead atoms. The summed E-state index contributed by atoms with van der Waals surface area (Å²) >= 11 is 0. The van der Waals surface area contributed by atoms with Crippen LogP contribution in [0.1, 0.15) is 18.5 Å². The van der Waals surface area contributed by atoms with Gasteiger partial charge in [0.15, 0.2) is 5.82 Å². The van der Waals surface area contributed by atoms with Gasteiger partial charge in [-0.25, -0.2) is 14.6 Å². The van der Waals surface area contributed by atoms with E-state index in [0.717, 1.165) is 85.1 Å². The van der Waals surface area contributed by atoms with Crippen molar-refractivity contribution in [3.8, 4) is 17.2 Å². The van der Waals surface area contributed by atoms with Gasteiger partial charge in [0.25, 0.3) is 0 Å². The van der Waals surface area contributed by atoms with Crippen LogP contribution in [-0.4, -0.2) is 67.2 Å². The summed E-state index contributed by atoms with van der Waals surface area (Å²) in [5.41, 5.74) is 3.45. The number of amides is 1. The number of fused-ring (bicyclic) bond motifs is 1. The highest BCUT2D eigenvalue weighted by atomic mass is 16.1. The van der Waals surface area contributed by atoms with E-state index in [1.807, 2.05) is 40.9 Å². The van der Waals surface area contributed by atoms with Gasteiger partial charge < -0.3 is 9.80 Å². The fourth-order valence-electron chi connectivity index (χ4n) is 5.09. The molecule has 166 valence electrons. The van der Waals surface area contributed by atoms with Crippen LogP contribution in [0.15, 0.2) is 49.1 Å². The van der Waals surface area contributed by atoms with Gasteiger partial charge in [-0.15, -0.1) is 0 Å². The highest BCUT2D eigenvalue weighted by Crippen LogP contribution is 2.39. The van der Waals surface area contributed by atoms with Gasteiger partial charge in [-0.05, 0) is 38.0 Å². The van der Waals surface area contributed by atoms with Crippen molar-refractivity contribution in [1.29, 1.82) is 0 Å². The maximum atomic E-state index is 11.1. The Labute approximate surface area is 191 Å². The molecule has 9 nitrogen and oxygen atoms in total. The Morgan fingerprint density at radius 1 is 1.00 bits per heavy atom. The molecule has 6 heterocycles. The third-order valence-electron chi connectivity index (χ3n) is 6.62. The average Bonchev–Trinajstić information content (AvgIpc) is 3.26. The van der Waals surface area contributed by atoms with Crippen LogP contribution in [0.3, 0.4) is 0 Å². The van der Waals surface area contributed by atoms with Gasteiger partial charge >= 0.3 is 0 Å². The lowest BCUT2D eigenvalue weighted by Gasteiger charge is -2.53. The zero-order valence-corrected chi connectivity index (χ0v) is 18.4. The molecule has 1 spiro atoms. The Kier molecular flexibility index (Phi) is 4.56. The van der Waals surface area contributed by atoms with Crippen LogP contribution in [0.5, 0.6) is 0 Å². The van der Waals surface area contributed by atoms with E-state index >= 15 is 0 Å². The molecule has 2 aliphatic rings. The molecule has 0 saturated carbocycles. The van der Waals surface area contributed by atoms with Crippen LogP contribution in [0.25, 0.3) is 28.1 Å². The fraction of sp³-hybridized carbons (Fsp3) is 0.333. The van der Waals surface area contributed by atoms with Gasteiger partial charge in [-0.2, -0.15) is 5.10 Å². The molecule has 1 amide bonds. The lowest BCUT2D eigenvalue weighted by molar-refractivity contribution is -0.129. The number of hydrogen-bond acceptors (Lipinski definition) is 7. The van der Waals surface area contributed by atoms with Crippen LogP contribution < -0.4 is 4.90 Å². The maximum absolute atomic E-state index is 11.1. The molecule has 0 aromatic carbocycles. The molecule has 0 N–H and O–H groups in total. The molecule has 4 aromatic rings. The molecule has 4 aromatic heterocycles. The molecule has 9 heteroatoms. The van der Waals surface area contributed by atoms with Gasteiger partial charge in [-0.1, -0.05) is 6.07 Å². The van der Waals surface area contributed by atoms with Crippen LogP contribution in [0.2, 0.25) is 0 Å². The average molecular weight is 441 g/mol. The predicted octanol–water partition coefficient (Wildman–Crippen LogP) is 2.64. The topological polar surface area (TPSA) is 92.9 Å². The minimum atomic E-state index is 0.199. The third kappa shape index (κ3) is 3.49. The smallest absolute Gasteiger partial charge is 0.209 e. The van der Waals surface area contributed by atoms with Gasteiger partial charge in [0.1, 0.15) is 11.5 Å². The van der Waals surface area contributed by atoms with Gasteiger partial charge in [0, 0.05) is 49.4 Å². The molecule has 0 unspecified atom stereocenters. The van der Waals surface area contributed by atoms with Crippen LogP contribution in [-0.2, 0) is 4.79 Å². The minimum Gasteiger partial charge on any atom is -0.356 e. The summed E-state index contributed by atoms with van der Waals surface area (Å²) in [5.74, 6) is 1.70. The minimum absolute atomic E-state index is 0.199. The molecule has 0 aliphatic carbocycles. The summed E-state index contributed by atoms with van der Waals surface area (Å²) in [6.07, 6.45) is 10.3. The summed E-state index contributed by atoms with van der Waals surface area (Å²) in [4.78, 5) is 33.6. The van der Waals surface area contributed by atoms with Crippen molar-refractivity contribution in [2.24, 2.45) is 5.41 Å². The van der Waals surface area contributed by atoms with Crippen LogP contribution in [0, 0.1) is 12.3 Å². The molecule has 6 rings (SSSR count). The predicted molar refractivity (Wildman–Crippen MR) is 124 cm³/mol. The summed E-state index contributed by atoms with van der Waals surface area (Å²) in [5, 5.41) is 5.53. The highest BCUT2D eigenvalue weighted by molar-refractivity contribution is 5.82. The lowest BCUT2D eigenvalue weighted by atomic mass is 9.73. The number of carbonyl (C=O) groups excluding carboxylic acids is 1. The summed E-state index contributed by atoms with van der Waals surface area (Å²) in [6.45, 7) is 5.49. The van der Waals surface area contributed by atoms with Crippen molar-refractivity contribution in [2.75, 3.05) is 31.1 Å². The third-order valence-corrected chi connectivity index (χ3v) is 6.62. The van der Waals surface area contributed by atoms with Crippen molar-refractivity contribution in [3.63, 3.8) is 0 Å². The lowest BCUT2D eigenvalue weighted by Crippen LogP contribution is -2.62. The SMILES string of the molecule is Cc1cncc(-c2cc3c(cn2)cnn3-c2cccc(N3CCCC4(CN(C=O)C4)C3)n2)n1. The Morgan fingerprint density at radius 2 is 1.88 bits per heavy atom. The van der Waals surface area contributed by atoms with E-state index in [2.05, 4.69) is 31.0 Å². The number of aromatic nitrogens is 6. The molecule has 33 heavy (non-hydrogen) atoms. The van der Waals surface area contributed by atoms with Crippen molar-refractivity contribution in [3.05, 3.63) is 54.7 Å². The second-order valence-corrected chi connectivity index (χ2v) is 9.12. The maximum Gasteiger partial charge on any atom is 0.209 e. The summed E-state index contributed by atoms with van der Waals surface area (Å²) in [7, 11) is 0. The van der Waals surface area contributed by atoms with E-state index in [0.29, 0.717) is 0 Å². The summed E-state index contributed by atoms with van der Waals surface area (Å²) in [6, 6.07) is 8.04. The normalized spacial score (nSPS) is 17.4. The number of anilines is 1. The van der Waals surface area contributed by atoms with Gasteiger partial charge in [-0.3, -0.25) is 14.8 Å². The van der Waals surface area contributed by atoms with Crippen molar-refractivity contribution in [1.82, 2.24) is 34.6 Å². The van der Waals surface area contributed by atoms with E-state index in [1.165, 1.54) is 0 Å². The number of aryl methyl sites for hydroxylation is 1. The van der Waals surface area contributed by atoms with E-state index in [4.69, 9.17) is 4.98 Å². The Morgan fingerprint density at radius 3 is 2.73 bits per heavy atom. The van der Waals surface area contributed by atoms with Crippen molar-refractivity contribution in [2.45, 2.75) is 19.8 Å². The number of likely N-dealkylation sites (tertiary alicyclic amines) is 1. The molecular weight excluding hydrogens is 416 g/mol. The number of piperidine rings is 1. The molecular formula is C24H24N8O. The molecule has 2 saturated heterocycles. The number of nitrogens with zero attached hydrogens (tertiary/aromatic N) is 8. The van der Waals surface area contributed by atoms with Crippen LogP contribution >= 0.6 is 0 Å². The zero-order valence-electron chi connectivity index (χ0n) is 18.4. The molecule has 2 fully saturated rings. The standard InChI is InChI=1S/C24H24N8O/c1-17-9-25-12-20(28-17)19-8-21-18(10-26-19)11-27-32(21)23-5-2-4-22(29-23)31-7-3-6-24(15-31)13-30(14-24)16-33/h2,4-5,8-12,16H,3,6-7,13-15H2,1H3. The zero-order chi connectivity index (χ0) is 22.4. The Hall–Kier alpha value is -3.88. The highest BCUT2D eigenvalue weighted by Gasteiger charge is 2.45. The first-order valence-electron chi connectivity index (χ1n) is 11.2. The quantitative estimate of drug-likeness (QED) is 0.451. The first-order chi connectivity index (χ1) is 16.1. The monoisotopic (exact) mass is 440 g/mol. The molecule has 0 atom stereocenters. The number of carbonyl (C=O) groups is 1. The fourth-order valence-corrected chi connectivity index (χ4v) is 5.09.